The molecule has 7 nitrogen and oxygen atoms in total. The van der Waals surface area contributed by atoms with Gasteiger partial charge in [0.15, 0.2) is 5.82 Å². The molecule has 1 saturated heterocycles. The van der Waals surface area contributed by atoms with Crippen LogP contribution in [0.1, 0.15) is 39.5 Å². The van der Waals surface area contributed by atoms with Gasteiger partial charge in [-0.1, -0.05) is 26.7 Å². The fraction of sp³-hybridized carbons (Fsp3) is 0.684. The van der Waals surface area contributed by atoms with Gasteiger partial charge in [-0.25, -0.2) is 15.0 Å². The minimum Gasteiger partial charge on any atom is -0.355 e. The summed E-state index contributed by atoms with van der Waals surface area (Å²) in [6.45, 7) is 10.3. The van der Waals surface area contributed by atoms with Crippen LogP contribution in [-0.4, -0.2) is 65.5 Å². The molecule has 1 aliphatic heterocycles. The van der Waals surface area contributed by atoms with Crippen LogP contribution in [0.3, 0.4) is 0 Å². The first kappa shape index (κ1) is 20.1. The van der Waals surface area contributed by atoms with Gasteiger partial charge in [-0.05, 0) is 19.1 Å². The lowest BCUT2D eigenvalue weighted by molar-refractivity contribution is 0.579. The first-order valence-electron chi connectivity index (χ1n) is 10.1. The van der Waals surface area contributed by atoms with E-state index in [1.807, 2.05) is 6.26 Å². The summed E-state index contributed by atoms with van der Waals surface area (Å²) in [5.41, 5.74) is 1.75. The van der Waals surface area contributed by atoms with E-state index in [1.165, 1.54) is 12.8 Å². The second-order valence-electron chi connectivity index (χ2n) is 6.86. The molecule has 0 aliphatic carbocycles. The highest BCUT2D eigenvalue weighted by atomic mass is 32.2. The number of nitrogens with one attached hydrogen (secondary N) is 1. The molecule has 0 spiro atoms. The first-order chi connectivity index (χ1) is 13.3. The summed E-state index contributed by atoms with van der Waals surface area (Å²) in [6, 6.07) is 0. The Hall–Kier alpha value is -1.67. The predicted molar refractivity (Wildman–Crippen MR) is 114 cm³/mol. The molecule has 0 amide bonds. The molecule has 2 aromatic heterocycles. The Morgan fingerprint density at radius 2 is 1.74 bits per heavy atom. The Balaban J connectivity index is 2.09. The van der Waals surface area contributed by atoms with Gasteiger partial charge in [-0.3, -0.25) is 0 Å². The fourth-order valence-corrected chi connectivity index (χ4v) is 3.79. The lowest BCUT2D eigenvalue weighted by Crippen LogP contribution is -2.44. The van der Waals surface area contributed by atoms with E-state index >= 15 is 0 Å². The Morgan fingerprint density at radius 1 is 1.04 bits per heavy atom. The van der Waals surface area contributed by atoms with Crippen molar-refractivity contribution in [2.75, 3.05) is 55.3 Å². The minimum absolute atomic E-state index is 0.807. The molecule has 0 unspecified atom stereocenters. The molecular formula is C19H31N7S. The van der Waals surface area contributed by atoms with Gasteiger partial charge in [0.05, 0.1) is 0 Å². The monoisotopic (exact) mass is 389 g/mol. The molecule has 0 radical (unpaired) electrons. The Labute approximate surface area is 166 Å². The van der Waals surface area contributed by atoms with Crippen LogP contribution in [0.5, 0.6) is 0 Å². The number of nitrogens with zero attached hydrogens (tertiary/aromatic N) is 6. The van der Waals surface area contributed by atoms with Crippen molar-refractivity contribution >= 4 is 34.6 Å². The number of piperazine rings is 1. The van der Waals surface area contributed by atoms with E-state index in [0.717, 1.165) is 79.9 Å². The van der Waals surface area contributed by atoms with Crippen LogP contribution in [0, 0.1) is 0 Å². The van der Waals surface area contributed by atoms with Crippen molar-refractivity contribution in [2.45, 2.75) is 44.6 Å². The zero-order valence-electron chi connectivity index (χ0n) is 16.7. The predicted octanol–water partition coefficient (Wildman–Crippen LogP) is 2.96. The SMILES string of the molecule is CCCCN(CCCC)c1nc(N2CCNCC2)nc2c(SC)ncnc12. The summed E-state index contributed by atoms with van der Waals surface area (Å²) in [5.74, 6) is 1.77. The summed E-state index contributed by atoms with van der Waals surface area (Å²) in [4.78, 5) is 23.6. The number of anilines is 2. The number of hydrogen-bond acceptors (Lipinski definition) is 8. The molecule has 148 valence electrons. The average Bonchev–Trinajstić information content (AvgIpc) is 2.73. The molecule has 0 bridgehead atoms. The molecule has 0 aromatic carbocycles. The van der Waals surface area contributed by atoms with Crippen LogP contribution >= 0.6 is 11.8 Å². The number of hydrogen-bond donors (Lipinski definition) is 1. The molecule has 1 N–H and O–H groups in total. The quantitative estimate of drug-likeness (QED) is 0.518. The van der Waals surface area contributed by atoms with Crippen LogP contribution in [-0.2, 0) is 0 Å². The fourth-order valence-electron chi connectivity index (χ4n) is 3.30. The van der Waals surface area contributed by atoms with Crippen molar-refractivity contribution < 1.29 is 0 Å². The van der Waals surface area contributed by atoms with E-state index in [0.29, 0.717) is 0 Å². The minimum atomic E-state index is 0.807. The number of thioether (sulfide) groups is 1. The smallest absolute Gasteiger partial charge is 0.228 e. The number of rotatable bonds is 9. The molecule has 0 saturated carbocycles. The molecular weight excluding hydrogens is 358 g/mol. The summed E-state index contributed by atoms with van der Waals surface area (Å²) >= 11 is 1.62. The zero-order chi connectivity index (χ0) is 19.1. The summed E-state index contributed by atoms with van der Waals surface area (Å²) in [6.07, 6.45) is 8.32. The average molecular weight is 390 g/mol. The molecule has 2 aromatic rings. The maximum atomic E-state index is 5.02. The van der Waals surface area contributed by atoms with Gasteiger partial charge in [0.2, 0.25) is 5.95 Å². The normalized spacial score (nSPS) is 14.7. The van der Waals surface area contributed by atoms with Gasteiger partial charge in [-0.15, -0.1) is 11.8 Å². The standard InChI is InChI=1S/C19H31N7S/c1-4-6-10-25(11-7-5-2)17-15-16(18(27-3)22-14-21-15)23-19(24-17)26-12-8-20-9-13-26/h14,20H,4-13H2,1-3H3. The van der Waals surface area contributed by atoms with Gasteiger partial charge in [0.1, 0.15) is 22.4 Å². The van der Waals surface area contributed by atoms with E-state index < -0.39 is 0 Å². The summed E-state index contributed by atoms with van der Waals surface area (Å²) in [7, 11) is 0. The lowest BCUT2D eigenvalue weighted by atomic mass is 10.2. The zero-order valence-corrected chi connectivity index (χ0v) is 17.6. The Kier molecular flexibility index (Phi) is 7.46. The van der Waals surface area contributed by atoms with Crippen LogP contribution in [0.2, 0.25) is 0 Å². The molecule has 27 heavy (non-hydrogen) atoms. The highest BCUT2D eigenvalue weighted by Gasteiger charge is 2.21. The van der Waals surface area contributed by atoms with E-state index in [1.54, 1.807) is 18.1 Å². The van der Waals surface area contributed by atoms with Crippen LogP contribution in [0.15, 0.2) is 11.4 Å². The van der Waals surface area contributed by atoms with Gasteiger partial charge >= 0.3 is 0 Å². The van der Waals surface area contributed by atoms with Crippen LogP contribution in [0.4, 0.5) is 11.8 Å². The lowest BCUT2D eigenvalue weighted by Gasteiger charge is -2.30. The number of fused-ring (bicyclic) bond motifs is 1. The van der Waals surface area contributed by atoms with E-state index in [4.69, 9.17) is 9.97 Å². The molecule has 1 fully saturated rings. The topological polar surface area (TPSA) is 70.1 Å². The van der Waals surface area contributed by atoms with Crippen molar-refractivity contribution in [1.82, 2.24) is 25.3 Å². The van der Waals surface area contributed by atoms with Crippen LogP contribution in [0.25, 0.3) is 11.0 Å². The van der Waals surface area contributed by atoms with Crippen molar-refractivity contribution in [1.29, 1.82) is 0 Å². The van der Waals surface area contributed by atoms with Gasteiger partial charge in [0.25, 0.3) is 0 Å². The van der Waals surface area contributed by atoms with Crippen molar-refractivity contribution in [3.05, 3.63) is 6.33 Å². The van der Waals surface area contributed by atoms with Gasteiger partial charge in [-0.2, -0.15) is 4.98 Å². The molecule has 0 atom stereocenters. The third-order valence-corrected chi connectivity index (χ3v) is 5.56. The van der Waals surface area contributed by atoms with Crippen molar-refractivity contribution in [3.8, 4) is 0 Å². The van der Waals surface area contributed by atoms with Gasteiger partial charge in [0, 0.05) is 39.3 Å². The molecule has 3 heterocycles. The molecule has 1 aliphatic rings. The Bertz CT molecular complexity index is 725. The van der Waals surface area contributed by atoms with Crippen LogP contribution < -0.4 is 15.1 Å². The molecule has 3 rings (SSSR count). The Morgan fingerprint density at radius 3 is 2.37 bits per heavy atom. The highest BCUT2D eigenvalue weighted by molar-refractivity contribution is 7.98. The number of aromatic nitrogens is 4. The third kappa shape index (κ3) is 4.79. The van der Waals surface area contributed by atoms with Gasteiger partial charge < -0.3 is 15.1 Å². The van der Waals surface area contributed by atoms with E-state index in [-0.39, 0.29) is 0 Å². The third-order valence-electron chi connectivity index (χ3n) is 4.87. The first-order valence-corrected chi connectivity index (χ1v) is 11.3. The second-order valence-corrected chi connectivity index (χ2v) is 7.65. The highest BCUT2D eigenvalue weighted by Crippen LogP contribution is 2.30. The van der Waals surface area contributed by atoms with Crippen molar-refractivity contribution in [2.24, 2.45) is 0 Å². The number of unbranched alkanes of at least 4 members (excludes halogenated alkanes) is 2. The van der Waals surface area contributed by atoms with E-state index in [9.17, 15) is 0 Å². The summed E-state index contributed by atoms with van der Waals surface area (Å²) in [5, 5.41) is 4.32. The van der Waals surface area contributed by atoms with E-state index in [2.05, 4.69) is 38.9 Å². The molecule has 8 heteroatoms. The maximum absolute atomic E-state index is 5.02. The second kappa shape index (κ2) is 10.0. The largest absolute Gasteiger partial charge is 0.355 e. The van der Waals surface area contributed by atoms with Crippen molar-refractivity contribution in [3.63, 3.8) is 0 Å². The maximum Gasteiger partial charge on any atom is 0.228 e. The summed E-state index contributed by atoms with van der Waals surface area (Å²) < 4.78 is 0.